The third-order valence-electron chi connectivity index (χ3n) is 5.67. The highest BCUT2D eigenvalue weighted by molar-refractivity contribution is 5.77. The van der Waals surface area contributed by atoms with Crippen molar-refractivity contribution in [1.29, 1.82) is 0 Å². The van der Waals surface area contributed by atoms with E-state index < -0.39 is 11.2 Å². The molecule has 1 amide bonds. The second-order valence-electron chi connectivity index (χ2n) is 7.89. The Bertz CT molecular complexity index is 1390. The number of fused-ring (bicyclic) bond motifs is 1. The number of hydrogen-bond acceptors (Lipinski definition) is 4. The van der Waals surface area contributed by atoms with Gasteiger partial charge in [0.25, 0.3) is 5.56 Å². The molecular formula is C23H22N6O3. The summed E-state index contributed by atoms with van der Waals surface area (Å²) in [6, 6.07) is 13.4. The smallest absolute Gasteiger partial charge is 0.328 e. The Balaban J connectivity index is 1.39. The van der Waals surface area contributed by atoms with Crippen LogP contribution in [0.4, 0.5) is 0 Å². The molecule has 162 valence electrons. The van der Waals surface area contributed by atoms with Crippen molar-refractivity contribution in [2.45, 2.75) is 33.0 Å². The fourth-order valence-corrected chi connectivity index (χ4v) is 3.98. The van der Waals surface area contributed by atoms with Gasteiger partial charge in [0.05, 0.1) is 24.5 Å². The minimum absolute atomic E-state index is 0.0681. The van der Waals surface area contributed by atoms with Crippen LogP contribution in [0.15, 0.2) is 70.6 Å². The number of hydrogen-bond donors (Lipinski definition) is 1. The molecule has 0 saturated heterocycles. The molecule has 4 heterocycles. The number of carbonyl (C=O) groups is 1. The van der Waals surface area contributed by atoms with Crippen LogP contribution < -0.4 is 11.2 Å². The van der Waals surface area contributed by atoms with Crippen molar-refractivity contribution in [2.24, 2.45) is 0 Å². The number of nitrogens with one attached hydrogen (secondary N) is 1. The quantitative estimate of drug-likeness (QED) is 0.522. The van der Waals surface area contributed by atoms with Crippen LogP contribution in [0.2, 0.25) is 0 Å². The molecule has 5 rings (SSSR count). The normalized spacial score (nSPS) is 12.8. The van der Waals surface area contributed by atoms with Gasteiger partial charge in [-0.15, -0.1) is 0 Å². The summed E-state index contributed by atoms with van der Waals surface area (Å²) in [6.07, 6.45) is 5.50. The number of nitrogens with zero attached hydrogens (tertiary/aromatic N) is 5. The summed E-state index contributed by atoms with van der Waals surface area (Å²) in [4.78, 5) is 39.9. The third kappa shape index (κ3) is 3.58. The summed E-state index contributed by atoms with van der Waals surface area (Å²) >= 11 is 0. The fourth-order valence-electron chi connectivity index (χ4n) is 3.98. The lowest BCUT2D eigenvalue weighted by Gasteiger charge is -2.18. The third-order valence-corrected chi connectivity index (χ3v) is 5.67. The first-order valence-electron chi connectivity index (χ1n) is 10.4. The first-order valence-corrected chi connectivity index (χ1v) is 10.4. The van der Waals surface area contributed by atoms with E-state index in [0.29, 0.717) is 13.1 Å². The summed E-state index contributed by atoms with van der Waals surface area (Å²) in [5.74, 6) is 0.849. The zero-order valence-corrected chi connectivity index (χ0v) is 17.6. The monoisotopic (exact) mass is 430 g/mol. The first kappa shape index (κ1) is 19.8. The maximum Gasteiger partial charge on any atom is 0.328 e. The predicted octanol–water partition coefficient (Wildman–Crippen LogP) is 1.75. The minimum atomic E-state index is -0.515. The highest BCUT2D eigenvalue weighted by Crippen LogP contribution is 2.30. The van der Waals surface area contributed by atoms with Gasteiger partial charge < -0.3 is 14.0 Å². The molecule has 0 saturated carbocycles. The molecule has 9 nitrogen and oxygen atoms in total. The zero-order valence-electron chi connectivity index (χ0n) is 17.6. The van der Waals surface area contributed by atoms with E-state index in [9.17, 15) is 14.4 Å². The topological polar surface area (TPSA) is 97.9 Å². The van der Waals surface area contributed by atoms with Crippen molar-refractivity contribution in [2.75, 3.05) is 0 Å². The van der Waals surface area contributed by atoms with Crippen molar-refractivity contribution in [3.8, 4) is 11.5 Å². The molecule has 4 aromatic rings. The minimum Gasteiger partial charge on any atom is -0.332 e. The van der Waals surface area contributed by atoms with Crippen LogP contribution >= 0.6 is 0 Å². The van der Waals surface area contributed by atoms with Gasteiger partial charge in [0.15, 0.2) is 0 Å². The standard InChI is InChI=1S/C23H22N6O3/c1-16-4-6-17(7-5-16)29-22(26-10-2-3-11-26)18-14-28(15-19(18)25-29)21(31)9-13-27-12-8-20(30)24-23(27)32/h2-8,10-12H,9,13-15H2,1H3,(H,24,30,32). The van der Waals surface area contributed by atoms with E-state index in [4.69, 9.17) is 5.10 Å². The van der Waals surface area contributed by atoms with Crippen molar-refractivity contribution in [3.05, 3.63) is 98.7 Å². The SMILES string of the molecule is Cc1ccc(-n2nc3c(c2-n2cccc2)CN(C(=O)CCn2ccc(=O)[nH]c2=O)C3)cc1. The molecule has 0 radical (unpaired) electrons. The van der Waals surface area contributed by atoms with Gasteiger partial charge in [-0.1, -0.05) is 17.7 Å². The molecule has 0 unspecified atom stereocenters. The van der Waals surface area contributed by atoms with Gasteiger partial charge in [0.1, 0.15) is 5.82 Å². The van der Waals surface area contributed by atoms with Gasteiger partial charge >= 0.3 is 5.69 Å². The van der Waals surface area contributed by atoms with Crippen molar-refractivity contribution in [3.63, 3.8) is 0 Å². The lowest BCUT2D eigenvalue weighted by atomic mass is 10.2. The summed E-state index contributed by atoms with van der Waals surface area (Å²) in [6.45, 7) is 3.12. The average Bonchev–Trinajstić information content (AvgIpc) is 3.49. The van der Waals surface area contributed by atoms with Crippen LogP contribution in [0.1, 0.15) is 23.2 Å². The van der Waals surface area contributed by atoms with Crippen molar-refractivity contribution < 1.29 is 4.79 Å². The van der Waals surface area contributed by atoms with E-state index in [1.165, 1.54) is 22.4 Å². The number of H-pyrrole nitrogens is 1. The lowest BCUT2D eigenvalue weighted by Crippen LogP contribution is -2.32. The van der Waals surface area contributed by atoms with Crippen molar-refractivity contribution in [1.82, 2.24) is 28.8 Å². The number of aryl methyl sites for hydroxylation is 2. The maximum absolute atomic E-state index is 12.9. The Kier molecular flexibility index (Phi) is 4.85. The van der Waals surface area contributed by atoms with Crippen LogP contribution in [0.5, 0.6) is 0 Å². The van der Waals surface area contributed by atoms with Gasteiger partial charge in [-0.25, -0.2) is 9.48 Å². The van der Waals surface area contributed by atoms with E-state index in [-0.39, 0.29) is 18.9 Å². The maximum atomic E-state index is 12.9. The molecule has 9 heteroatoms. The first-order chi connectivity index (χ1) is 15.5. The Morgan fingerprint density at radius 1 is 1.03 bits per heavy atom. The number of benzene rings is 1. The molecular weight excluding hydrogens is 408 g/mol. The molecule has 0 fully saturated rings. The van der Waals surface area contributed by atoms with E-state index in [1.54, 1.807) is 4.90 Å². The van der Waals surface area contributed by atoms with E-state index >= 15 is 0 Å². The summed E-state index contributed by atoms with van der Waals surface area (Å²) in [5, 5.41) is 4.83. The van der Waals surface area contributed by atoms with Crippen LogP contribution in [0, 0.1) is 6.92 Å². The molecule has 1 aromatic carbocycles. The molecule has 1 N–H and O–H groups in total. The lowest BCUT2D eigenvalue weighted by molar-refractivity contribution is -0.132. The Morgan fingerprint density at radius 2 is 1.78 bits per heavy atom. The largest absolute Gasteiger partial charge is 0.332 e. The van der Waals surface area contributed by atoms with Gasteiger partial charge in [-0.05, 0) is 31.2 Å². The number of aromatic nitrogens is 5. The molecule has 1 aliphatic rings. The van der Waals surface area contributed by atoms with E-state index in [2.05, 4.69) is 17.1 Å². The average molecular weight is 430 g/mol. The Hall–Kier alpha value is -4.14. The van der Waals surface area contributed by atoms with Gasteiger partial charge in [-0.3, -0.25) is 14.6 Å². The zero-order chi connectivity index (χ0) is 22.2. The van der Waals surface area contributed by atoms with Crippen molar-refractivity contribution >= 4 is 5.91 Å². The Labute approximate surface area is 183 Å². The number of aromatic amines is 1. The molecule has 0 atom stereocenters. The van der Waals surface area contributed by atoms with Gasteiger partial charge in [0, 0.05) is 43.2 Å². The number of carbonyl (C=O) groups excluding carboxylic acids is 1. The van der Waals surface area contributed by atoms with E-state index in [0.717, 1.165) is 22.8 Å². The molecule has 0 spiro atoms. The van der Waals surface area contributed by atoms with Gasteiger partial charge in [0.2, 0.25) is 5.91 Å². The number of rotatable bonds is 5. The molecule has 0 aliphatic carbocycles. The van der Waals surface area contributed by atoms with Crippen LogP contribution in [-0.2, 0) is 24.4 Å². The highest BCUT2D eigenvalue weighted by atomic mass is 16.2. The van der Waals surface area contributed by atoms with E-state index in [1.807, 2.05) is 52.8 Å². The Morgan fingerprint density at radius 3 is 2.50 bits per heavy atom. The summed E-state index contributed by atoms with van der Waals surface area (Å²) < 4.78 is 5.27. The summed E-state index contributed by atoms with van der Waals surface area (Å²) in [7, 11) is 0. The van der Waals surface area contributed by atoms with Crippen LogP contribution in [-0.4, -0.2) is 34.7 Å². The molecule has 0 bridgehead atoms. The molecule has 32 heavy (non-hydrogen) atoms. The second kappa shape index (κ2) is 7.84. The van der Waals surface area contributed by atoms with Crippen LogP contribution in [0.25, 0.3) is 11.5 Å². The highest BCUT2D eigenvalue weighted by Gasteiger charge is 2.31. The summed E-state index contributed by atoms with van der Waals surface area (Å²) in [5.41, 5.74) is 3.04. The van der Waals surface area contributed by atoms with Crippen LogP contribution in [0.3, 0.4) is 0 Å². The van der Waals surface area contributed by atoms with Gasteiger partial charge in [-0.2, -0.15) is 5.10 Å². The number of amides is 1. The molecule has 3 aromatic heterocycles. The molecule has 1 aliphatic heterocycles. The second-order valence-corrected chi connectivity index (χ2v) is 7.89. The predicted molar refractivity (Wildman–Crippen MR) is 118 cm³/mol. The fraction of sp³-hybridized carbons (Fsp3) is 0.217.